The first-order chi connectivity index (χ1) is 15.1. The molecular weight excluding hydrogens is 408 g/mol. The van der Waals surface area contributed by atoms with Crippen molar-refractivity contribution < 1.29 is 14.9 Å². The van der Waals surface area contributed by atoms with E-state index in [1.54, 1.807) is 0 Å². The van der Waals surface area contributed by atoms with Crippen molar-refractivity contribution in [3.63, 3.8) is 0 Å². The van der Waals surface area contributed by atoms with Crippen LogP contribution in [0.2, 0.25) is 0 Å². The Balaban J connectivity index is 1.44. The van der Waals surface area contributed by atoms with Crippen LogP contribution in [0.4, 0.5) is 0 Å². The molecule has 1 saturated heterocycles. The maximum absolute atomic E-state index is 10.9. The molecule has 1 aliphatic heterocycles. The van der Waals surface area contributed by atoms with Gasteiger partial charge in [0.25, 0.3) is 0 Å². The number of aliphatic hydroxyl groups is 2. The van der Waals surface area contributed by atoms with E-state index < -0.39 is 5.60 Å². The highest BCUT2D eigenvalue weighted by Crippen LogP contribution is 2.76. The van der Waals surface area contributed by atoms with Crippen molar-refractivity contribution in [1.29, 1.82) is 0 Å². The maximum Gasteiger partial charge on any atom is 0.0865 e. The van der Waals surface area contributed by atoms with Crippen LogP contribution >= 0.6 is 0 Å². The van der Waals surface area contributed by atoms with Crippen LogP contribution in [0.15, 0.2) is 0 Å². The molecule has 0 aromatic heterocycles. The van der Waals surface area contributed by atoms with Gasteiger partial charge in [-0.05, 0) is 130 Å². The number of fused-ring (bicyclic) bond motifs is 5. The molecule has 4 saturated carbocycles. The van der Waals surface area contributed by atoms with E-state index in [-0.39, 0.29) is 23.2 Å². The van der Waals surface area contributed by atoms with Crippen LogP contribution in [0.25, 0.3) is 0 Å². The first kappa shape index (κ1) is 24.6. The van der Waals surface area contributed by atoms with Gasteiger partial charge in [0.1, 0.15) is 0 Å². The molecule has 0 radical (unpaired) electrons. The fourth-order valence-corrected chi connectivity index (χ4v) is 11.1. The van der Waals surface area contributed by atoms with Gasteiger partial charge in [-0.15, -0.1) is 0 Å². The molecule has 5 rings (SSSR count). The van der Waals surface area contributed by atoms with Gasteiger partial charge in [-0.1, -0.05) is 34.6 Å². The van der Waals surface area contributed by atoms with Gasteiger partial charge < -0.3 is 14.9 Å². The summed E-state index contributed by atoms with van der Waals surface area (Å²) in [4.78, 5) is 0. The Morgan fingerprint density at radius 3 is 2.00 bits per heavy atom. The predicted molar refractivity (Wildman–Crippen MR) is 134 cm³/mol. The Morgan fingerprint density at radius 2 is 1.36 bits per heavy atom. The van der Waals surface area contributed by atoms with Crippen LogP contribution in [-0.4, -0.2) is 33.6 Å². The molecule has 10 atom stereocenters. The topological polar surface area (TPSA) is 49.7 Å². The van der Waals surface area contributed by atoms with E-state index in [1.165, 1.54) is 44.9 Å². The quantitative estimate of drug-likeness (QED) is 0.480. The number of ether oxygens (including phenoxy) is 1. The summed E-state index contributed by atoms with van der Waals surface area (Å²) >= 11 is 0. The lowest BCUT2D eigenvalue weighted by molar-refractivity contribution is -0.227. The monoisotopic (exact) mass is 460 g/mol. The average Bonchev–Trinajstić information content (AvgIpc) is 3.27. The van der Waals surface area contributed by atoms with E-state index in [2.05, 4.69) is 41.5 Å². The molecule has 3 nitrogen and oxygen atoms in total. The molecule has 5 aliphatic rings. The summed E-state index contributed by atoms with van der Waals surface area (Å²) in [6.45, 7) is 18.8. The van der Waals surface area contributed by atoms with Crippen LogP contribution in [-0.2, 0) is 4.74 Å². The zero-order valence-corrected chi connectivity index (χ0v) is 22.8. The lowest BCUT2D eigenvalue weighted by Crippen LogP contribution is -2.64. The molecule has 0 unspecified atom stereocenters. The highest BCUT2D eigenvalue weighted by molar-refractivity contribution is 5.18. The summed E-state index contributed by atoms with van der Waals surface area (Å²) in [6, 6.07) is 0. The normalized spacial score (nSPS) is 56.2. The number of rotatable bonds is 2. The van der Waals surface area contributed by atoms with Crippen molar-refractivity contribution in [3.05, 3.63) is 0 Å². The molecule has 4 aliphatic carbocycles. The van der Waals surface area contributed by atoms with Gasteiger partial charge in [-0.3, -0.25) is 0 Å². The lowest BCUT2D eigenvalue weighted by Gasteiger charge is -2.70. The second kappa shape index (κ2) is 7.22. The fraction of sp³-hybridized carbons (Fsp3) is 1.00. The number of hydrogen-bond donors (Lipinski definition) is 2. The van der Waals surface area contributed by atoms with Crippen LogP contribution < -0.4 is 0 Å². The van der Waals surface area contributed by atoms with Crippen molar-refractivity contribution in [3.8, 4) is 0 Å². The third-order valence-corrected chi connectivity index (χ3v) is 13.3. The van der Waals surface area contributed by atoms with Gasteiger partial charge in [-0.2, -0.15) is 0 Å². The largest absolute Gasteiger partial charge is 0.393 e. The summed E-state index contributed by atoms with van der Waals surface area (Å²) in [7, 11) is 0. The first-order valence-corrected chi connectivity index (χ1v) is 14.2. The highest BCUT2D eigenvalue weighted by atomic mass is 16.5. The van der Waals surface area contributed by atoms with E-state index in [9.17, 15) is 10.2 Å². The Labute approximate surface area is 203 Å². The summed E-state index contributed by atoms with van der Waals surface area (Å²) in [5, 5.41) is 21.5. The predicted octanol–water partition coefficient (Wildman–Crippen LogP) is 6.74. The Morgan fingerprint density at radius 1 is 0.697 bits per heavy atom. The SMILES string of the molecule is CC(C)(O)[C@@H]1CC[C@@](C)([C@H]2CC[C@]3(C)[C@@H]2CC[C@@H]2[C@@]4(C)CC[C@@H](O)C(C)(C)[C@@H]4CC[C@]23C)O1. The minimum absolute atomic E-state index is 0.0293. The second-order valence-corrected chi connectivity index (χ2v) is 15.3. The van der Waals surface area contributed by atoms with Crippen molar-refractivity contribution in [2.24, 2.45) is 45.3 Å². The molecule has 2 N–H and O–H groups in total. The summed E-state index contributed by atoms with van der Waals surface area (Å²) in [6.07, 6.45) is 11.9. The molecule has 33 heavy (non-hydrogen) atoms. The van der Waals surface area contributed by atoms with Crippen molar-refractivity contribution >= 4 is 0 Å². The molecule has 190 valence electrons. The Bertz CT molecular complexity index is 784. The first-order valence-electron chi connectivity index (χ1n) is 14.2. The summed E-state index contributed by atoms with van der Waals surface area (Å²) in [5.41, 5.74) is 0.277. The van der Waals surface area contributed by atoms with Gasteiger partial charge in [0.15, 0.2) is 0 Å². The molecule has 0 spiro atoms. The van der Waals surface area contributed by atoms with Crippen LogP contribution in [0.3, 0.4) is 0 Å². The molecule has 0 aromatic carbocycles. The van der Waals surface area contributed by atoms with E-state index >= 15 is 0 Å². The van der Waals surface area contributed by atoms with Crippen molar-refractivity contribution in [1.82, 2.24) is 0 Å². The highest BCUT2D eigenvalue weighted by Gasteiger charge is 2.70. The summed E-state index contributed by atoms with van der Waals surface area (Å²) in [5.74, 6) is 2.73. The van der Waals surface area contributed by atoms with Gasteiger partial charge >= 0.3 is 0 Å². The lowest BCUT2D eigenvalue weighted by atomic mass is 9.35. The molecular formula is C30H52O3. The summed E-state index contributed by atoms with van der Waals surface area (Å²) < 4.78 is 6.73. The number of aliphatic hydroxyl groups excluding tert-OH is 1. The Hall–Kier alpha value is -0.120. The zero-order valence-electron chi connectivity index (χ0n) is 22.8. The smallest absolute Gasteiger partial charge is 0.0865 e. The van der Waals surface area contributed by atoms with Crippen LogP contribution in [0.1, 0.15) is 120 Å². The average molecular weight is 461 g/mol. The second-order valence-electron chi connectivity index (χ2n) is 15.3. The standard InChI is InChI=1S/C30H52O3/c1-25(2)21-12-17-29(7)22(27(21,5)15-13-23(25)31)10-9-19-20(11-16-28(19,29)6)30(8)18-14-24(33-30)26(3,4)32/h19-24,31-32H,9-18H2,1-8H3/t19-,20+,21+,22-,23-,24+,27+,28-,29-,30+/m1/s1. The molecule has 3 heteroatoms. The van der Waals surface area contributed by atoms with Gasteiger partial charge in [0.05, 0.1) is 23.4 Å². The molecule has 0 bridgehead atoms. The van der Waals surface area contributed by atoms with E-state index in [0.717, 1.165) is 31.1 Å². The third-order valence-electron chi connectivity index (χ3n) is 13.3. The molecule has 1 heterocycles. The fourth-order valence-electron chi connectivity index (χ4n) is 11.1. The maximum atomic E-state index is 10.9. The van der Waals surface area contributed by atoms with Crippen LogP contribution in [0, 0.1) is 45.3 Å². The van der Waals surface area contributed by atoms with E-state index in [4.69, 9.17) is 4.74 Å². The van der Waals surface area contributed by atoms with Crippen molar-refractivity contribution in [2.75, 3.05) is 0 Å². The third kappa shape index (κ3) is 3.16. The molecule has 0 aromatic rings. The van der Waals surface area contributed by atoms with Crippen LogP contribution in [0.5, 0.6) is 0 Å². The van der Waals surface area contributed by atoms with Gasteiger partial charge in [-0.25, -0.2) is 0 Å². The zero-order chi connectivity index (χ0) is 24.2. The van der Waals surface area contributed by atoms with Crippen molar-refractivity contribution in [2.45, 2.75) is 143 Å². The number of hydrogen-bond acceptors (Lipinski definition) is 3. The molecule has 5 fully saturated rings. The van der Waals surface area contributed by atoms with E-state index in [0.29, 0.717) is 28.1 Å². The minimum atomic E-state index is -0.755. The van der Waals surface area contributed by atoms with Gasteiger partial charge in [0.2, 0.25) is 0 Å². The Kier molecular flexibility index (Phi) is 5.38. The van der Waals surface area contributed by atoms with E-state index in [1.807, 2.05) is 13.8 Å². The minimum Gasteiger partial charge on any atom is -0.393 e. The van der Waals surface area contributed by atoms with Gasteiger partial charge in [0, 0.05) is 0 Å². The molecule has 0 amide bonds.